The van der Waals surface area contributed by atoms with E-state index in [1.807, 2.05) is 6.92 Å². The van der Waals surface area contributed by atoms with Crippen molar-refractivity contribution in [1.29, 1.82) is 0 Å². The Labute approximate surface area is 118 Å². The highest BCUT2D eigenvalue weighted by Gasteiger charge is 2.25. The van der Waals surface area contributed by atoms with Crippen LogP contribution in [0.2, 0.25) is 0 Å². The molecule has 1 rings (SSSR count). The van der Waals surface area contributed by atoms with E-state index in [1.54, 1.807) is 13.8 Å². The highest BCUT2D eigenvalue weighted by Crippen LogP contribution is 2.18. The number of halogens is 1. The minimum absolute atomic E-state index is 0.0572. The Bertz CT molecular complexity index is 598. The lowest BCUT2D eigenvalue weighted by Crippen LogP contribution is -2.42. The summed E-state index contributed by atoms with van der Waals surface area (Å²) in [6.07, 6.45) is 0.621. The second-order valence-electron chi connectivity index (χ2n) is 4.85. The van der Waals surface area contributed by atoms with Crippen LogP contribution in [0.4, 0.5) is 4.39 Å². The van der Waals surface area contributed by atoms with E-state index < -0.39 is 21.4 Å². The fourth-order valence-electron chi connectivity index (χ4n) is 1.36. The topological polar surface area (TPSA) is 72.2 Å². The van der Waals surface area contributed by atoms with Crippen LogP contribution in [0.15, 0.2) is 23.1 Å². The van der Waals surface area contributed by atoms with Crippen LogP contribution in [0, 0.1) is 5.82 Å². The van der Waals surface area contributed by atoms with Crippen LogP contribution in [0.3, 0.4) is 0 Å². The first kappa shape index (κ1) is 16.0. The molecule has 0 aromatic heterocycles. The molecule has 0 heterocycles. The molecule has 19 heavy (non-hydrogen) atoms. The van der Waals surface area contributed by atoms with Gasteiger partial charge in [0, 0.05) is 11.1 Å². The van der Waals surface area contributed by atoms with Gasteiger partial charge in [-0.15, -0.1) is 0 Å². The van der Waals surface area contributed by atoms with Gasteiger partial charge in [0.25, 0.3) is 0 Å². The highest BCUT2D eigenvalue weighted by atomic mass is 32.2. The van der Waals surface area contributed by atoms with Crippen LogP contribution in [0.1, 0.15) is 32.8 Å². The van der Waals surface area contributed by atoms with Gasteiger partial charge in [-0.05, 0) is 38.5 Å². The van der Waals surface area contributed by atoms with Crippen LogP contribution < -0.4 is 10.5 Å². The van der Waals surface area contributed by atoms with Crippen molar-refractivity contribution in [2.75, 3.05) is 0 Å². The molecule has 3 N–H and O–H groups in total. The van der Waals surface area contributed by atoms with E-state index in [0.29, 0.717) is 6.42 Å². The molecule has 1 aromatic rings. The number of rotatable bonds is 5. The summed E-state index contributed by atoms with van der Waals surface area (Å²) in [6, 6.07) is 3.37. The van der Waals surface area contributed by atoms with Crippen LogP contribution in [-0.2, 0) is 10.0 Å². The zero-order valence-electron chi connectivity index (χ0n) is 11.0. The first-order chi connectivity index (χ1) is 8.59. The summed E-state index contributed by atoms with van der Waals surface area (Å²) in [5.74, 6) is -0.638. The van der Waals surface area contributed by atoms with Gasteiger partial charge in [-0.1, -0.05) is 19.1 Å². The molecule has 0 aliphatic rings. The van der Waals surface area contributed by atoms with Gasteiger partial charge in [0.2, 0.25) is 10.0 Å². The summed E-state index contributed by atoms with van der Waals surface area (Å²) in [6.45, 7) is 5.40. The molecule has 0 saturated heterocycles. The lowest BCUT2D eigenvalue weighted by molar-refractivity contribution is 0.439. The molecule has 0 amide bonds. The Hall–Kier alpha value is -1.05. The van der Waals surface area contributed by atoms with Gasteiger partial charge in [0.1, 0.15) is 10.8 Å². The van der Waals surface area contributed by atoms with Gasteiger partial charge < -0.3 is 5.73 Å². The maximum Gasteiger partial charge on any atom is 0.241 e. The summed E-state index contributed by atoms with van der Waals surface area (Å²) in [5, 5.41) is 0. The van der Waals surface area contributed by atoms with Gasteiger partial charge in [-0.2, -0.15) is 0 Å². The molecule has 0 spiro atoms. The molecule has 4 nitrogen and oxygen atoms in total. The van der Waals surface area contributed by atoms with Crippen molar-refractivity contribution in [2.24, 2.45) is 5.73 Å². The van der Waals surface area contributed by atoms with Crippen molar-refractivity contribution in [3.63, 3.8) is 0 Å². The van der Waals surface area contributed by atoms with Gasteiger partial charge in [-0.25, -0.2) is 17.5 Å². The second kappa shape index (κ2) is 5.52. The first-order valence-corrected chi connectivity index (χ1v) is 7.61. The predicted molar refractivity (Wildman–Crippen MR) is 77.0 cm³/mol. The van der Waals surface area contributed by atoms with Gasteiger partial charge in [0.05, 0.1) is 4.90 Å². The fraction of sp³-hybridized carbons (Fsp3) is 0.417. The summed E-state index contributed by atoms with van der Waals surface area (Å²) >= 11 is 4.69. The maximum atomic E-state index is 13.4. The number of hydrogen-bond acceptors (Lipinski definition) is 3. The van der Waals surface area contributed by atoms with Crippen molar-refractivity contribution in [2.45, 2.75) is 37.6 Å². The highest BCUT2D eigenvalue weighted by molar-refractivity contribution is 7.89. The van der Waals surface area contributed by atoms with Crippen LogP contribution >= 0.6 is 12.2 Å². The van der Waals surface area contributed by atoms with E-state index in [9.17, 15) is 12.8 Å². The number of nitrogens with two attached hydrogens (primary N) is 1. The summed E-state index contributed by atoms with van der Waals surface area (Å²) in [7, 11) is -3.73. The summed E-state index contributed by atoms with van der Waals surface area (Å²) in [5.41, 5.74) is 4.69. The molecule has 0 aliphatic carbocycles. The SMILES string of the molecule is CCC(C)(C)NS(=O)(=O)c1ccc(F)c(C(N)=S)c1. The van der Waals surface area contributed by atoms with Crippen molar-refractivity contribution in [3.05, 3.63) is 29.6 Å². The Morgan fingerprint density at radius 2 is 2.05 bits per heavy atom. The molecule has 0 unspecified atom stereocenters. The van der Waals surface area contributed by atoms with Crippen molar-refractivity contribution < 1.29 is 12.8 Å². The number of sulfonamides is 1. The second-order valence-corrected chi connectivity index (χ2v) is 6.97. The predicted octanol–water partition coefficient (Wildman–Crippen LogP) is 1.93. The molecule has 0 atom stereocenters. The van der Waals surface area contributed by atoms with Crippen LogP contribution in [-0.4, -0.2) is 18.9 Å². The molecule has 0 bridgehead atoms. The molecule has 7 heteroatoms. The van der Waals surface area contributed by atoms with Gasteiger partial charge >= 0.3 is 0 Å². The lowest BCUT2D eigenvalue weighted by Gasteiger charge is -2.24. The number of benzene rings is 1. The number of hydrogen-bond donors (Lipinski definition) is 2. The zero-order valence-corrected chi connectivity index (χ0v) is 12.7. The quantitative estimate of drug-likeness (QED) is 0.815. The normalized spacial score (nSPS) is 12.4. The average Bonchev–Trinajstić information content (AvgIpc) is 2.27. The third kappa shape index (κ3) is 3.95. The molecule has 1 aromatic carbocycles. The largest absolute Gasteiger partial charge is 0.389 e. The Balaban J connectivity index is 3.23. The standard InChI is InChI=1S/C12H17FN2O2S2/c1-4-12(2,3)15-19(16,17)8-5-6-10(13)9(7-8)11(14)18/h5-7,15H,4H2,1-3H3,(H2,14,18). The summed E-state index contributed by atoms with van der Waals surface area (Å²) in [4.78, 5) is -0.234. The molecule has 106 valence electrons. The van der Waals surface area contributed by atoms with E-state index in [2.05, 4.69) is 16.9 Å². The maximum absolute atomic E-state index is 13.4. The third-order valence-corrected chi connectivity index (χ3v) is 4.72. The molecular formula is C12H17FN2O2S2. The Morgan fingerprint density at radius 1 is 1.47 bits per heavy atom. The van der Waals surface area contributed by atoms with Crippen LogP contribution in [0.5, 0.6) is 0 Å². The monoisotopic (exact) mass is 304 g/mol. The van der Waals surface area contributed by atoms with E-state index in [4.69, 9.17) is 5.73 Å². The summed E-state index contributed by atoms with van der Waals surface area (Å²) < 4.78 is 40.3. The van der Waals surface area contributed by atoms with E-state index in [-0.39, 0.29) is 15.4 Å². The Kier molecular flexibility index (Phi) is 4.65. The molecular weight excluding hydrogens is 287 g/mol. The molecule has 0 fully saturated rings. The number of nitrogens with one attached hydrogen (secondary N) is 1. The van der Waals surface area contributed by atoms with Crippen molar-refractivity contribution in [3.8, 4) is 0 Å². The van der Waals surface area contributed by atoms with Gasteiger partial charge in [-0.3, -0.25) is 0 Å². The van der Waals surface area contributed by atoms with E-state index in [1.165, 1.54) is 6.07 Å². The number of thiocarbonyl (C=S) groups is 1. The van der Waals surface area contributed by atoms with Crippen molar-refractivity contribution in [1.82, 2.24) is 4.72 Å². The third-order valence-electron chi connectivity index (χ3n) is 2.81. The van der Waals surface area contributed by atoms with E-state index >= 15 is 0 Å². The molecule has 0 radical (unpaired) electrons. The minimum atomic E-state index is -3.73. The van der Waals surface area contributed by atoms with E-state index in [0.717, 1.165) is 12.1 Å². The zero-order chi connectivity index (χ0) is 14.8. The molecule has 0 aliphatic heterocycles. The minimum Gasteiger partial charge on any atom is -0.389 e. The molecule has 0 saturated carbocycles. The average molecular weight is 304 g/mol. The Morgan fingerprint density at radius 3 is 2.53 bits per heavy atom. The fourth-order valence-corrected chi connectivity index (χ4v) is 3.02. The first-order valence-electron chi connectivity index (χ1n) is 5.72. The lowest BCUT2D eigenvalue weighted by atomic mass is 10.0. The van der Waals surface area contributed by atoms with Gasteiger partial charge in [0.15, 0.2) is 0 Å². The van der Waals surface area contributed by atoms with Crippen molar-refractivity contribution >= 4 is 27.2 Å². The smallest absolute Gasteiger partial charge is 0.241 e. The van der Waals surface area contributed by atoms with Crippen LogP contribution in [0.25, 0.3) is 0 Å².